The summed E-state index contributed by atoms with van der Waals surface area (Å²) in [5.41, 5.74) is 0.217. The SMILES string of the molecule is O=C(Nc1cccc([N+](=O)[O-])c1)C1CCCN1C(=O)c1ccco1. The van der Waals surface area contributed by atoms with E-state index in [2.05, 4.69) is 5.32 Å². The van der Waals surface area contributed by atoms with Crippen molar-refractivity contribution in [3.05, 3.63) is 58.5 Å². The van der Waals surface area contributed by atoms with Crippen molar-refractivity contribution in [3.63, 3.8) is 0 Å². The normalized spacial score (nSPS) is 16.8. The molecule has 0 radical (unpaired) electrons. The lowest BCUT2D eigenvalue weighted by molar-refractivity contribution is -0.384. The molecule has 0 spiro atoms. The second kappa shape index (κ2) is 6.53. The largest absolute Gasteiger partial charge is 0.459 e. The van der Waals surface area contributed by atoms with Crippen LogP contribution in [0.3, 0.4) is 0 Å². The van der Waals surface area contributed by atoms with E-state index < -0.39 is 11.0 Å². The minimum absolute atomic E-state index is 0.109. The summed E-state index contributed by atoms with van der Waals surface area (Å²) in [5.74, 6) is -0.519. The smallest absolute Gasteiger partial charge is 0.290 e. The Morgan fingerprint density at radius 2 is 2.12 bits per heavy atom. The van der Waals surface area contributed by atoms with Crippen molar-refractivity contribution < 1.29 is 18.9 Å². The second-order valence-electron chi connectivity index (χ2n) is 5.43. The Labute approximate surface area is 137 Å². The molecule has 1 saturated heterocycles. The van der Waals surface area contributed by atoms with Crippen LogP contribution < -0.4 is 5.32 Å². The minimum Gasteiger partial charge on any atom is -0.459 e. The number of hydrogen-bond acceptors (Lipinski definition) is 5. The molecule has 1 atom stereocenters. The van der Waals surface area contributed by atoms with Crippen LogP contribution in [0.2, 0.25) is 0 Å². The molecule has 24 heavy (non-hydrogen) atoms. The van der Waals surface area contributed by atoms with Crippen LogP contribution in [-0.4, -0.2) is 34.2 Å². The molecule has 0 bridgehead atoms. The van der Waals surface area contributed by atoms with Crippen LogP contribution in [0.15, 0.2) is 47.1 Å². The molecule has 124 valence electrons. The molecule has 8 nitrogen and oxygen atoms in total. The summed E-state index contributed by atoms with van der Waals surface area (Å²) in [7, 11) is 0. The van der Waals surface area contributed by atoms with Crippen LogP contribution in [0, 0.1) is 10.1 Å². The van der Waals surface area contributed by atoms with Gasteiger partial charge in [0, 0.05) is 24.4 Å². The van der Waals surface area contributed by atoms with Gasteiger partial charge in [-0.2, -0.15) is 0 Å². The Hall–Kier alpha value is -3.16. The van der Waals surface area contributed by atoms with Gasteiger partial charge in [-0.15, -0.1) is 0 Å². The van der Waals surface area contributed by atoms with E-state index in [9.17, 15) is 19.7 Å². The number of likely N-dealkylation sites (tertiary alicyclic amines) is 1. The highest BCUT2D eigenvalue weighted by atomic mass is 16.6. The molecule has 1 aliphatic rings. The van der Waals surface area contributed by atoms with E-state index >= 15 is 0 Å². The molecule has 2 amide bonds. The number of carbonyl (C=O) groups is 2. The number of amides is 2. The summed E-state index contributed by atoms with van der Waals surface area (Å²) >= 11 is 0. The fourth-order valence-electron chi connectivity index (χ4n) is 2.75. The van der Waals surface area contributed by atoms with E-state index in [0.717, 1.165) is 0 Å². The summed E-state index contributed by atoms with van der Waals surface area (Å²) in [6, 6.07) is 8.23. The number of nitro groups is 1. The molecule has 1 aliphatic heterocycles. The monoisotopic (exact) mass is 329 g/mol. The van der Waals surface area contributed by atoms with Gasteiger partial charge in [-0.1, -0.05) is 6.07 Å². The average Bonchev–Trinajstić information content (AvgIpc) is 3.26. The standard InChI is InChI=1S/C16H15N3O5/c20-15(17-11-4-1-5-12(10-11)19(22)23)13-6-2-8-18(13)16(21)14-7-3-9-24-14/h1,3-5,7,9-10,13H,2,6,8H2,(H,17,20). The van der Waals surface area contributed by atoms with Gasteiger partial charge in [-0.25, -0.2) is 0 Å². The van der Waals surface area contributed by atoms with Crippen LogP contribution in [0.1, 0.15) is 23.4 Å². The molecule has 2 heterocycles. The Kier molecular flexibility index (Phi) is 4.28. The molecule has 0 aliphatic carbocycles. The lowest BCUT2D eigenvalue weighted by Crippen LogP contribution is -2.43. The molecule has 0 saturated carbocycles. The first kappa shape index (κ1) is 15.7. The van der Waals surface area contributed by atoms with Crippen molar-refractivity contribution in [2.75, 3.05) is 11.9 Å². The van der Waals surface area contributed by atoms with Gasteiger partial charge < -0.3 is 14.6 Å². The zero-order valence-electron chi connectivity index (χ0n) is 12.7. The Balaban J connectivity index is 1.73. The van der Waals surface area contributed by atoms with Crippen molar-refractivity contribution in [3.8, 4) is 0 Å². The number of benzene rings is 1. The molecule has 1 aromatic carbocycles. The van der Waals surface area contributed by atoms with Gasteiger partial charge >= 0.3 is 0 Å². The van der Waals surface area contributed by atoms with Crippen LogP contribution in [0.5, 0.6) is 0 Å². The van der Waals surface area contributed by atoms with E-state index in [4.69, 9.17) is 4.42 Å². The Morgan fingerprint density at radius 3 is 2.83 bits per heavy atom. The Morgan fingerprint density at radius 1 is 1.29 bits per heavy atom. The zero-order valence-corrected chi connectivity index (χ0v) is 12.7. The number of hydrogen-bond donors (Lipinski definition) is 1. The van der Waals surface area contributed by atoms with Gasteiger partial charge in [0.2, 0.25) is 5.91 Å². The van der Waals surface area contributed by atoms with Crippen molar-refractivity contribution in [1.82, 2.24) is 4.90 Å². The maximum Gasteiger partial charge on any atom is 0.290 e. The van der Waals surface area contributed by atoms with E-state index in [-0.39, 0.29) is 23.3 Å². The summed E-state index contributed by atoms with van der Waals surface area (Å²) in [6.45, 7) is 0.465. The van der Waals surface area contributed by atoms with Crippen LogP contribution >= 0.6 is 0 Å². The van der Waals surface area contributed by atoms with Gasteiger partial charge in [0.1, 0.15) is 6.04 Å². The van der Waals surface area contributed by atoms with Gasteiger partial charge in [-0.3, -0.25) is 19.7 Å². The molecular weight excluding hydrogens is 314 g/mol. The van der Waals surface area contributed by atoms with E-state index in [1.165, 1.54) is 29.4 Å². The minimum atomic E-state index is -0.623. The number of nitrogens with one attached hydrogen (secondary N) is 1. The molecular formula is C16H15N3O5. The fourth-order valence-corrected chi connectivity index (χ4v) is 2.75. The number of rotatable bonds is 4. The van der Waals surface area contributed by atoms with Crippen molar-refractivity contribution >= 4 is 23.2 Å². The average molecular weight is 329 g/mol. The number of anilines is 1. The van der Waals surface area contributed by atoms with Crippen LogP contribution in [0.4, 0.5) is 11.4 Å². The number of nitrogens with zero attached hydrogens (tertiary/aromatic N) is 2. The van der Waals surface area contributed by atoms with Crippen molar-refractivity contribution in [1.29, 1.82) is 0 Å². The first-order valence-electron chi connectivity index (χ1n) is 7.46. The van der Waals surface area contributed by atoms with E-state index in [0.29, 0.717) is 25.1 Å². The lowest BCUT2D eigenvalue weighted by atomic mass is 10.2. The van der Waals surface area contributed by atoms with Gasteiger partial charge in [0.15, 0.2) is 5.76 Å². The van der Waals surface area contributed by atoms with Gasteiger partial charge in [0.25, 0.3) is 11.6 Å². The van der Waals surface area contributed by atoms with Crippen molar-refractivity contribution in [2.24, 2.45) is 0 Å². The molecule has 2 aromatic rings. The number of furan rings is 1. The highest BCUT2D eigenvalue weighted by Crippen LogP contribution is 2.23. The number of non-ortho nitro benzene ring substituents is 1. The molecule has 3 rings (SSSR count). The number of nitro benzene ring substituents is 1. The summed E-state index contributed by atoms with van der Waals surface area (Å²) in [6.07, 6.45) is 2.65. The summed E-state index contributed by atoms with van der Waals surface area (Å²) in [5, 5.41) is 13.4. The van der Waals surface area contributed by atoms with Crippen LogP contribution in [-0.2, 0) is 4.79 Å². The highest BCUT2D eigenvalue weighted by Gasteiger charge is 2.35. The van der Waals surface area contributed by atoms with Crippen molar-refractivity contribution in [2.45, 2.75) is 18.9 Å². The molecule has 8 heteroatoms. The topological polar surface area (TPSA) is 106 Å². The molecule has 1 fully saturated rings. The quantitative estimate of drug-likeness (QED) is 0.685. The number of carbonyl (C=O) groups excluding carboxylic acids is 2. The highest BCUT2D eigenvalue weighted by molar-refractivity contribution is 6.00. The first-order valence-corrected chi connectivity index (χ1v) is 7.46. The van der Waals surface area contributed by atoms with E-state index in [1.807, 2.05) is 0 Å². The fraction of sp³-hybridized carbons (Fsp3) is 0.250. The zero-order chi connectivity index (χ0) is 17.1. The third-order valence-corrected chi connectivity index (χ3v) is 3.87. The molecule has 1 aromatic heterocycles. The predicted molar refractivity (Wildman–Crippen MR) is 84.5 cm³/mol. The maximum atomic E-state index is 12.5. The first-order chi connectivity index (χ1) is 11.6. The summed E-state index contributed by atoms with van der Waals surface area (Å²) < 4.78 is 5.10. The van der Waals surface area contributed by atoms with Gasteiger partial charge in [0.05, 0.1) is 11.2 Å². The predicted octanol–water partition coefficient (Wildman–Crippen LogP) is 2.43. The third-order valence-electron chi connectivity index (χ3n) is 3.87. The second-order valence-corrected chi connectivity index (χ2v) is 5.43. The summed E-state index contributed by atoms with van der Waals surface area (Å²) in [4.78, 5) is 36.6. The third kappa shape index (κ3) is 3.12. The van der Waals surface area contributed by atoms with Crippen LogP contribution in [0.25, 0.3) is 0 Å². The maximum absolute atomic E-state index is 12.5. The van der Waals surface area contributed by atoms with Gasteiger partial charge in [-0.05, 0) is 31.0 Å². The molecule has 1 N–H and O–H groups in total. The van der Waals surface area contributed by atoms with E-state index in [1.54, 1.807) is 18.2 Å². The molecule has 1 unspecified atom stereocenters. The lowest BCUT2D eigenvalue weighted by Gasteiger charge is -2.23. The Bertz CT molecular complexity index is 772.